The van der Waals surface area contributed by atoms with Crippen molar-refractivity contribution in [3.8, 4) is 11.6 Å². The molecule has 84 valence electrons. The monoisotopic (exact) mass is 258 g/mol. The van der Waals surface area contributed by atoms with Gasteiger partial charge in [-0.05, 0) is 6.92 Å². The summed E-state index contributed by atoms with van der Waals surface area (Å²) in [6.45, 7) is 1.87. The minimum Gasteiger partial charge on any atom is -0.436 e. The number of hydrogen-bond donors (Lipinski definition) is 0. The van der Waals surface area contributed by atoms with Gasteiger partial charge in [-0.2, -0.15) is 5.10 Å². The SMILES string of the molecule is Cc1cc(Oc2cc(Cl)nnc2Cl)n(C)n1. The van der Waals surface area contributed by atoms with Gasteiger partial charge in [-0.3, -0.25) is 0 Å². The maximum absolute atomic E-state index is 5.82. The second-order valence-electron chi connectivity index (χ2n) is 3.17. The minimum absolute atomic E-state index is 0.156. The van der Waals surface area contributed by atoms with E-state index in [0.717, 1.165) is 5.69 Å². The Bertz CT molecular complexity index is 526. The van der Waals surface area contributed by atoms with E-state index < -0.39 is 0 Å². The van der Waals surface area contributed by atoms with Crippen molar-refractivity contribution in [1.29, 1.82) is 0 Å². The molecule has 5 nitrogen and oxygen atoms in total. The molecule has 0 bridgehead atoms. The molecule has 0 fully saturated rings. The van der Waals surface area contributed by atoms with Gasteiger partial charge in [-0.25, -0.2) is 4.68 Å². The van der Waals surface area contributed by atoms with Crippen LogP contribution in [0.3, 0.4) is 0 Å². The van der Waals surface area contributed by atoms with Gasteiger partial charge in [0.1, 0.15) is 0 Å². The summed E-state index contributed by atoms with van der Waals surface area (Å²) in [5.41, 5.74) is 0.849. The highest BCUT2D eigenvalue weighted by molar-refractivity contribution is 6.32. The van der Waals surface area contributed by atoms with Gasteiger partial charge in [0.2, 0.25) is 5.88 Å². The van der Waals surface area contributed by atoms with E-state index in [2.05, 4.69) is 15.3 Å². The summed E-state index contributed by atoms with van der Waals surface area (Å²) in [6.07, 6.45) is 0. The maximum atomic E-state index is 5.82. The number of nitrogens with zero attached hydrogens (tertiary/aromatic N) is 4. The van der Waals surface area contributed by atoms with E-state index in [1.54, 1.807) is 17.8 Å². The Morgan fingerprint density at radius 3 is 2.62 bits per heavy atom. The second-order valence-corrected chi connectivity index (χ2v) is 3.92. The molecule has 7 heteroatoms. The van der Waals surface area contributed by atoms with E-state index >= 15 is 0 Å². The van der Waals surface area contributed by atoms with Crippen molar-refractivity contribution in [2.24, 2.45) is 7.05 Å². The van der Waals surface area contributed by atoms with Crippen LogP contribution in [0.2, 0.25) is 10.3 Å². The Kier molecular flexibility index (Phi) is 2.98. The normalized spacial score (nSPS) is 10.5. The van der Waals surface area contributed by atoms with Crippen LogP contribution in [0.1, 0.15) is 5.69 Å². The third kappa shape index (κ3) is 2.25. The van der Waals surface area contributed by atoms with E-state index in [4.69, 9.17) is 27.9 Å². The predicted octanol–water partition coefficient (Wildman–Crippen LogP) is 2.62. The molecule has 0 radical (unpaired) electrons. The quantitative estimate of drug-likeness (QED) is 0.831. The van der Waals surface area contributed by atoms with E-state index in [-0.39, 0.29) is 10.3 Å². The molecule has 16 heavy (non-hydrogen) atoms. The Morgan fingerprint density at radius 2 is 2.00 bits per heavy atom. The minimum atomic E-state index is 0.156. The summed E-state index contributed by atoms with van der Waals surface area (Å²) in [7, 11) is 1.77. The van der Waals surface area contributed by atoms with Crippen molar-refractivity contribution in [1.82, 2.24) is 20.0 Å². The Balaban J connectivity index is 2.33. The van der Waals surface area contributed by atoms with Crippen molar-refractivity contribution in [3.63, 3.8) is 0 Å². The van der Waals surface area contributed by atoms with Crippen LogP contribution >= 0.6 is 23.2 Å². The number of ether oxygens (including phenoxy) is 1. The molecular weight excluding hydrogens is 251 g/mol. The average molecular weight is 259 g/mol. The van der Waals surface area contributed by atoms with Gasteiger partial charge in [-0.1, -0.05) is 23.2 Å². The highest BCUT2D eigenvalue weighted by Gasteiger charge is 2.10. The van der Waals surface area contributed by atoms with Crippen molar-refractivity contribution in [2.75, 3.05) is 0 Å². The second kappa shape index (κ2) is 4.27. The molecule has 2 heterocycles. The fraction of sp³-hybridized carbons (Fsp3) is 0.222. The lowest BCUT2D eigenvalue weighted by atomic mass is 10.5. The Hall–Kier alpha value is -1.33. The fourth-order valence-corrected chi connectivity index (χ4v) is 1.47. The zero-order chi connectivity index (χ0) is 11.7. The van der Waals surface area contributed by atoms with Crippen LogP contribution in [0.25, 0.3) is 0 Å². The van der Waals surface area contributed by atoms with Crippen LogP contribution in [0, 0.1) is 6.92 Å². The molecule has 0 spiro atoms. The lowest BCUT2D eigenvalue weighted by Crippen LogP contribution is -1.96. The van der Waals surface area contributed by atoms with Crippen molar-refractivity contribution < 1.29 is 4.74 Å². The average Bonchev–Trinajstić information content (AvgIpc) is 2.51. The van der Waals surface area contributed by atoms with E-state index in [9.17, 15) is 0 Å². The van der Waals surface area contributed by atoms with Gasteiger partial charge in [0.05, 0.1) is 5.69 Å². The van der Waals surface area contributed by atoms with Gasteiger partial charge in [0, 0.05) is 19.2 Å². The first-order valence-electron chi connectivity index (χ1n) is 4.43. The molecule has 2 rings (SSSR count). The first-order valence-corrected chi connectivity index (χ1v) is 5.19. The zero-order valence-electron chi connectivity index (χ0n) is 8.61. The molecule has 0 unspecified atom stereocenters. The van der Waals surface area contributed by atoms with Crippen molar-refractivity contribution in [3.05, 3.63) is 28.1 Å². The van der Waals surface area contributed by atoms with E-state index in [0.29, 0.717) is 11.6 Å². The van der Waals surface area contributed by atoms with Crippen LogP contribution in [0.15, 0.2) is 12.1 Å². The predicted molar refractivity (Wildman–Crippen MR) is 60.1 cm³/mol. The van der Waals surface area contributed by atoms with Crippen LogP contribution in [-0.2, 0) is 7.05 Å². The summed E-state index contributed by atoms with van der Waals surface area (Å²) in [4.78, 5) is 0. The fourth-order valence-electron chi connectivity index (χ4n) is 1.20. The van der Waals surface area contributed by atoms with Crippen LogP contribution in [0.5, 0.6) is 11.6 Å². The molecule has 0 saturated carbocycles. The highest BCUT2D eigenvalue weighted by Crippen LogP contribution is 2.28. The zero-order valence-corrected chi connectivity index (χ0v) is 10.1. The summed E-state index contributed by atoms with van der Waals surface area (Å²) in [6, 6.07) is 3.28. The van der Waals surface area contributed by atoms with Gasteiger partial charge < -0.3 is 4.74 Å². The standard InChI is InChI=1S/C9H8Cl2N4O/c1-5-3-8(15(2)14-5)16-6-4-7(10)12-13-9(6)11/h3-4H,1-2H3. The Labute approximate surface area is 102 Å². The highest BCUT2D eigenvalue weighted by atomic mass is 35.5. The number of halogens is 2. The summed E-state index contributed by atoms with van der Waals surface area (Å²) in [5.74, 6) is 0.910. The van der Waals surface area contributed by atoms with Crippen LogP contribution in [-0.4, -0.2) is 20.0 Å². The molecule has 0 saturated heterocycles. The maximum Gasteiger partial charge on any atom is 0.217 e. The van der Waals surface area contributed by atoms with Gasteiger partial charge >= 0.3 is 0 Å². The number of aryl methyl sites for hydroxylation is 2. The number of rotatable bonds is 2. The molecule has 0 aliphatic heterocycles. The molecule has 0 aliphatic rings. The summed E-state index contributed by atoms with van der Waals surface area (Å²) >= 11 is 11.5. The molecule has 0 amide bonds. The van der Waals surface area contributed by atoms with Crippen molar-refractivity contribution >= 4 is 23.2 Å². The number of hydrogen-bond acceptors (Lipinski definition) is 4. The summed E-state index contributed by atoms with van der Waals surface area (Å²) < 4.78 is 7.12. The van der Waals surface area contributed by atoms with Crippen LogP contribution < -0.4 is 4.74 Å². The van der Waals surface area contributed by atoms with Crippen molar-refractivity contribution in [2.45, 2.75) is 6.92 Å². The molecule has 0 N–H and O–H groups in total. The first kappa shape index (κ1) is 11.2. The molecule has 2 aromatic heterocycles. The third-order valence-electron chi connectivity index (χ3n) is 1.86. The molecule has 0 aromatic carbocycles. The topological polar surface area (TPSA) is 52.8 Å². The smallest absolute Gasteiger partial charge is 0.217 e. The molecule has 0 atom stereocenters. The molecule has 2 aromatic rings. The summed E-state index contributed by atoms with van der Waals surface area (Å²) in [5, 5.41) is 11.7. The van der Waals surface area contributed by atoms with Crippen LogP contribution in [0.4, 0.5) is 0 Å². The van der Waals surface area contributed by atoms with Gasteiger partial charge in [0.25, 0.3) is 0 Å². The van der Waals surface area contributed by atoms with Gasteiger partial charge in [-0.15, -0.1) is 10.2 Å². The molecular formula is C9H8Cl2N4O. The first-order chi connectivity index (χ1) is 7.56. The number of aromatic nitrogens is 4. The van der Waals surface area contributed by atoms with Gasteiger partial charge in [0.15, 0.2) is 16.1 Å². The Morgan fingerprint density at radius 1 is 1.25 bits per heavy atom. The van der Waals surface area contributed by atoms with E-state index in [1.807, 2.05) is 6.92 Å². The molecule has 0 aliphatic carbocycles. The third-order valence-corrected chi connectivity index (χ3v) is 2.31. The lowest BCUT2D eigenvalue weighted by molar-refractivity contribution is 0.428. The lowest BCUT2D eigenvalue weighted by Gasteiger charge is -2.05. The largest absolute Gasteiger partial charge is 0.436 e. The van der Waals surface area contributed by atoms with E-state index in [1.165, 1.54) is 6.07 Å².